The lowest BCUT2D eigenvalue weighted by Gasteiger charge is -2.17. The summed E-state index contributed by atoms with van der Waals surface area (Å²) in [4.78, 5) is 4.56. The molecule has 32 heavy (non-hydrogen) atoms. The van der Waals surface area contributed by atoms with Crippen LogP contribution in [0.5, 0.6) is 11.5 Å². The summed E-state index contributed by atoms with van der Waals surface area (Å²) in [5.74, 6) is 1.35. The Morgan fingerprint density at radius 1 is 0.938 bits per heavy atom. The largest absolute Gasteiger partial charge is 0.497 e. The minimum atomic E-state index is -1.13. The second-order valence-electron chi connectivity index (χ2n) is 7.35. The Balaban J connectivity index is 1.73. The van der Waals surface area contributed by atoms with Gasteiger partial charge in [0.05, 0.1) is 35.8 Å². The van der Waals surface area contributed by atoms with E-state index in [0.29, 0.717) is 33.6 Å². The van der Waals surface area contributed by atoms with Crippen molar-refractivity contribution in [2.45, 2.75) is 19.6 Å². The highest BCUT2D eigenvalue weighted by Crippen LogP contribution is 2.28. The van der Waals surface area contributed by atoms with Gasteiger partial charge in [0.15, 0.2) is 0 Å². The molecule has 3 aromatic rings. The number of hydrogen-bond acceptors (Lipinski definition) is 4. The number of aliphatic hydroxyl groups is 1. The van der Waals surface area contributed by atoms with E-state index in [9.17, 15) is 5.11 Å². The van der Waals surface area contributed by atoms with Crippen LogP contribution in [0.25, 0.3) is 11.1 Å². The third-order valence-electron chi connectivity index (χ3n) is 4.71. The van der Waals surface area contributed by atoms with Gasteiger partial charge in [0.2, 0.25) is 6.29 Å². The second-order valence-corrected chi connectivity index (χ2v) is 8.16. The van der Waals surface area contributed by atoms with Crippen LogP contribution in [0, 0.1) is 0 Å². The van der Waals surface area contributed by atoms with Crippen molar-refractivity contribution in [2.75, 3.05) is 13.7 Å². The lowest BCUT2D eigenvalue weighted by molar-refractivity contribution is -0.0101. The van der Waals surface area contributed by atoms with Crippen LogP contribution in [0.1, 0.15) is 18.9 Å². The molecule has 0 heterocycles. The smallest absolute Gasteiger partial charge is 0.202 e. The monoisotopic (exact) mass is 469 g/mol. The molecule has 0 aromatic heterocycles. The SMILES string of the molecule is C=C(C)CN=C(CC(O)Oc1ccc(-c2ccc(OC)cc2)cc1)c1c(Cl)cccc1Cl. The van der Waals surface area contributed by atoms with Crippen LogP contribution < -0.4 is 9.47 Å². The molecule has 166 valence electrons. The number of aliphatic imine (C=N–C) groups is 1. The number of aliphatic hydroxyl groups excluding tert-OH is 1. The molecule has 3 rings (SSSR count). The van der Waals surface area contributed by atoms with E-state index >= 15 is 0 Å². The van der Waals surface area contributed by atoms with Crippen LogP contribution in [0.4, 0.5) is 0 Å². The van der Waals surface area contributed by atoms with Gasteiger partial charge in [-0.1, -0.05) is 65.7 Å². The van der Waals surface area contributed by atoms with E-state index in [1.165, 1.54) is 0 Å². The average molecular weight is 470 g/mol. The zero-order valence-corrected chi connectivity index (χ0v) is 19.5. The van der Waals surface area contributed by atoms with Crippen molar-refractivity contribution >= 4 is 28.9 Å². The molecule has 0 aliphatic rings. The van der Waals surface area contributed by atoms with Crippen molar-refractivity contribution in [3.8, 4) is 22.6 Å². The molecular formula is C26H25Cl2NO3. The molecule has 0 saturated heterocycles. The molecule has 0 radical (unpaired) electrons. The number of hydrogen-bond donors (Lipinski definition) is 1. The molecule has 6 heteroatoms. The fourth-order valence-corrected chi connectivity index (χ4v) is 3.74. The number of methoxy groups -OCH3 is 1. The van der Waals surface area contributed by atoms with Crippen molar-refractivity contribution in [3.63, 3.8) is 0 Å². The summed E-state index contributed by atoms with van der Waals surface area (Å²) in [5.41, 5.74) is 4.12. The topological polar surface area (TPSA) is 51.1 Å². The van der Waals surface area contributed by atoms with Crippen LogP contribution in [-0.4, -0.2) is 30.8 Å². The first kappa shape index (κ1) is 23.9. The van der Waals surface area contributed by atoms with E-state index in [0.717, 1.165) is 22.4 Å². The molecule has 0 spiro atoms. The highest BCUT2D eigenvalue weighted by atomic mass is 35.5. The maximum atomic E-state index is 10.6. The maximum absolute atomic E-state index is 10.6. The molecule has 0 aliphatic heterocycles. The van der Waals surface area contributed by atoms with Crippen LogP contribution >= 0.6 is 23.2 Å². The summed E-state index contributed by atoms with van der Waals surface area (Å²) >= 11 is 12.7. The number of benzene rings is 3. The minimum absolute atomic E-state index is 0.122. The minimum Gasteiger partial charge on any atom is -0.497 e. The lowest BCUT2D eigenvalue weighted by atomic mass is 10.1. The van der Waals surface area contributed by atoms with Gasteiger partial charge in [-0.2, -0.15) is 0 Å². The highest BCUT2D eigenvalue weighted by Gasteiger charge is 2.18. The maximum Gasteiger partial charge on any atom is 0.202 e. The Morgan fingerprint density at radius 2 is 1.47 bits per heavy atom. The van der Waals surface area contributed by atoms with Crippen molar-refractivity contribution in [3.05, 3.63) is 94.5 Å². The quantitative estimate of drug-likeness (QED) is 0.212. The Bertz CT molecular complexity index is 1070. The van der Waals surface area contributed by atoms with E-state index < -0.39 is 6.29 Å². The van der Waals surface area contributed by atoms with Crippen LogP contribution in [-0.2, 0) is 0 Å². The first-order valence-electron chi connectivity index (χ1n) is 10.1. The molecule has 0 amide bonds. The van der Waals surface area contributed by atoms with Gasteiger partial charge in [-0.05, 0) is 54.4 Å². The fraction of sp³-hybridized carbons (Fsp3) is 0.192. The van der Waals surface area contributed by atoms with Gasteiger partial charge in [0.1, 0.15) is 11.5 Å². The Morgan fingerprint density at radius 3 is 1.97 bits per heavy atom. The van der Waals surface area contributed by atoms with Crippen molar-refractivity contribution in [1.82, 2.24) is 0 Å². The average Bonchev–Trinajstić information content (AvgIpc) is 2.77. The Kier molecular flexibility index (Phi) is 8.34. The Hall–Kier alpha value is -2.79. The molecule has 0 fully saturated rings. The van der Waals surface area contributed by atoms with Gasteiger partial charge in [-0.3, -0.25) is 4.99 Å². The second kappa shape index (κ2) is 11.2. The van der Waals surface area contributed by atoms with Gasteiger partial charge in [-0.25, -0.2) is 0 Å². The standard InChI is InChI=1S/C26H25Cl2NO3/c1-17(2)16-29-24(26-22(27)5-4-6-23(26)28)15-25(30)32-21-13-9-19(10-14-21)18-7-11-20(31-3)12-8-18/h4-14,25,30H,1,15-16H2,2-3H3. The predicted octanol–water partition coefficient (Wildman–Crippen LogP) is 6.82. The van der Waals surface area contributed by atoms with E-state index in [1.54, 1.807) is 25.3 Å². The molecule has 1 N–H and O–H groups in total. The van der Waals surface area contributed by atoms with E-state index in [-0.39, 0.29) is 6.42 Å². The fourth-order valence-electron chi connectivity index (χ4n) is 3.12. The number of halogens is 2. The summed E-state index contributed by atoms with van der Waals surface area (Å²) in [6.45, 7) is 6.17. The normalized spacial score (nSPS) is 12.3. The summed E-state index contributed by atoms with van der Waals surface area (Å²) in [5, 5.41) is 11.5. The van der Waals surface area contributed by atoms with Gasteiger partial charge in [0.25, 0.3) is 0 Å². The van der Waals surface area contributed by atoms with Crippen molar-refractivity contribution in [2.24, 2.45) is 4.99 Å². The molecule has 0 aliphatic carbocycles. The van der Waals surface area contributed by atoms with E-state index in [4.69, 9.17) is 32.7 Å². The van der Waals surface area contributed by atoms with Gasteiger partial charge in [0, 0.05) is 5.56 Å². The van der Waals surface area contributed by atoms with E-state index in [2.05, 4.69) is 11.6 Å². The molecule has 0 bridgehead atoms. The van der Waals surface area contributed by atoms with Crippen molar-refractivity contribution < 1.29 is 14.6 Å². The van der Waals surface area contributed by atoms with Gasteiger partial charge >= 0.3 is 0 Å². The molecule has 4 nitrogen and oxygen atoms in total. The van der Waals surface area contributed by atoms with Crippen LogP contribution in [0.3, 0.4) is 0 Å². The first-order chi connectivity index (χ1) is 15.4. The highest BCUT2D eigenvalue weighted by molar-refractivity contribution is 6.40. The molecular weight excluding hydrogens is 445 g/mol. The summed E-state index contributed by atoms with van der Waals surface area (Å²) in [7, 11) is 1.64. The lowest BCUT2D eigenvalue weighted by Crippen LogP contribution is -2.21. The van der Waals surface area contributed by atoms with Gasteiger partial charge in [-0.15, -0.1) is 0 Å². The number of ether oxygens (including phenoxy) is 2. The van der Waals surface area contributed by atoms with Crippen LogP contribution in [0.2, 0.25) is 10.0 Å². The summed E-state index contributed by atoms with van der Waals surface area (Å²) in [6, 6.07) is 20.5. The third-order valence-corrected chi connectivity index (χ3v) is 5.34. The first-order valence-corrected chi connectivity index (χ1v) is 10.8. The third kappa shape index (κ3) is 6.36. The summed E-state index contributed by atoms with van der Waals surface area (Å²) in [6.07, 6.45) is -1.00. The number of nitrogens with zero attached hydrogens (tertiary/aromatic N) is 1. The zero-order chi connectivity index (χ0) is 23.1. The van der Waals surface area contributed by atoms with Crippen molar-refractivity contribution in [1.29, 1.82) is 0 Å². The summed E-state index contributed by atoms with van der Waals surface area (Å²) < 4.78 is 10.9. The molecule has 3 aromatic carbocycles. The molecule has 1 unspecified atom stereocenters. The van der Waals surface area contributed by atoms with E-state index in [1.807, 2.05) is 55.5 Å². The predicted molar refractivity (Wildman–Crippen MR) is 132 cm³/mol. The Labute approximate surface area is 198 Å². The van der Waals surface area contributed by atoms with Gasteiger partial charge < -0.3 is 14.6 Å². The molecule has 1 atom stereocenters. The van der Waals surface area contributed by atoms with Crippen LogP contribution in [0.15, 0.2) is 83.9 Å². The zero-order valence-electron chi connectivity index (χ0n) is 18.0. The number of rotatable bonds is 9. The molecule has 0 saturated carbocycles.